The molecular weight excluding hydrogens is 330 g/mol. The zero-order valence-electron chi connectivity index (χ0n) is 16.5. The maximum atomic E-state index is 11.8. The number of rotatable bonds is 10. The predicted molar refractivity (Wildman–Crippen MR) is 99.5 cm³/mol. The lowest BCUT2D eigenvalue weighted by Gasteiger charge is -2.58. The van der Waals surface area contributed by atoms with E-state index < -0.39 is 0 Å². The summed E-state index contributed by atoms with van der Waals surface area (Å²) in [6.07, 6.45) is 9.14. The van der Waals surface area contributed by atoms with Crippen LogP contribution in [0.1, 0.15) is 65.2 Å². The highest BCUT2D eigenvalue weighted by Crippen LogP contribution is 2.60. The van der Waals surface area contributed by atoms with Crippen LogP contribution in [0.15, 0.2) is 0 Å². The van der Waals surface area contributed by atoms with E-state index in [2.05, 4.69) is 4.90 Å². The van der Waals surface area contributed by atoms with E-state index in [1.54, 1.807) is 0 Å². The molecular formula is C21H35NO4. The summed E-state index contributed by atoms with van der Waals surface area (Å²) in [5.74, 6) is 2.47. The molecule has 5 nitrogen and oxygen atoms in total. The Bertz CT molecular complexity index is 447. The molecule has 26 heavy (non-hydrogen) atoms. The highest BCUT2D eigenvalue weighted by Gasteiger charge is 2.51. The molecule has 0 heterocycles. The van der Waals surface area contributed by atoms with Crippen LogP contribution in [0.5, 0.6) is 0 Å². The Labute approximate surface area is 157 Å². The van der Waals surface area contributed by atoms with Crippen molar-refractivity contribution in [3.8, 4) is 0 Å². The van der Waals surface area contributed by atoms with E-state index in [1.807, 2.05) is 13.8 Å². The van der Waals surface area contributed by atoms with Crippen LogP contribution in [0, 0.1) is 23.2 Å². The summed E-state index contributed by atoms with van der Waals surface area (Å²) in [5, 5.41) is 0. The van der Waals surface area contributed by atoms with Gasteiger partial charge >= 0.3 is 11.9 Å². The lowest BCUT2D eigenvalue weighted by Crippen LogP contribution is -2.51. The first-order valence-corrected chi connectivity index (χ1v) is 10.6. The molecule has 0 aromatic rings. The second kappa shape index (κ2) is 8.73. The van der Waals surface area contributed by atoms with Crippen LogP contribution in [0.2, 0.25) is 0 Å². The molecule has 0 spiro atoms. The molecule has 0 radical (unpaired) electrons. The standard InChI is InChI=1S/C21H35NO4/c1-3-25-19(23)5-7-22(8-6-20(24)26-4-2)15-21-12-16-9-17(13-21)11-18(10-16)14-21/h16-18H,3-15H2,1-2H3. The van der Waals surface area contributed by atoms with Crippen LogP contribution in [0.25, 0.3) is 0 Å². The highest BCUT2D eigenvalue weighted by molar-refractivity contribution is 5.70. The van der Waals surface area contributed by atoms with Crippen molar-refractivity contribution in [3.63, 3.8) is 0 Å². The summed E-state index contributed by atoms with van der Waals surface area (Å²) < 4.78 is 10.2. The number of nitrogens with zero attached hydrogens (tertiary/aromatic N) is 1. The van der Waals surface area contributed by atoms with Gasteiger partial charge in [-0.3, -0.25) is 9.59 Å². The minimum atomic E-state index is -0.140. The van der Waals surface area contributed by atoms with E-state index in [0.29, 0.717) is 44.6 Å². The molecule has 0 unspecified atom stereocenters. The maximum absolute atomic E-state index is 11.8. The van der Waals surface area contributed by atoms with Gasteiger partial charge in [-0.15, -0.1) is 0 Å². The molecule has 0 atom stereocenters. The largest absolute Gasteiger partial charge is 0.466 e. The van der Waals surface area contributed by atoms with Crippen molar-refractivity contribution in [2.24, 2.45) is 23.2 Å². The summed E-state index contributed by atoms with van der Waals surface area (Å²) in [4.78, 5) is 26.0. The SMILES string of the molecule is CCOC(=O)CCN(CCC(=O)OCC)CC12CC3CC(CC(C3)C1)C2. The number of hydrogen-bond acceptors (Lipinski definition) is 5. The second-order valence-electron chi connectivity index (χ2n) is 8.80. The van der Waals surface area contributed by atoms with Gasteiger partial charge in [-0.2, -0.15) is 0 Å². The van der Waals surface area contributed by atoms with Crippen molar-refractivity contribution < 1.29 is 19.1 Å². The van der Waals surface area contributed by atoms with Crippen molar-refractivity contribution in [2.45, 2.75) is 65.2 Å². The van der Waals surface area contributed by atoms with Crippen LogP contribution in [0.3, 0.4) is 0 Å². The van der Waals surface area contributed by atoms with Gasteiger partial charge < -0.3 is 14.4 Å². The first-order valence-electron chi connectivity index (χ1n) is 10.6. The molecule has 5 heteroatoms. The first kappa shape index (κ1) is 19.7. The fraction of sp³-hybridized carbons (Fsp3) is 0.905. The maximum Gasteiger partial charge on any atom is 0.307 e. The van der Waals surface area contributed by atoms with Gasteiger partial charge in [-0.1, -0.05) is 0 Å². The third-order valence-electron chi connectivity index (χ3n) is 6.60. The zero-order chi connectivity index (χ0) is 18.6. The Hall–Kier alpha value is -1.10. The van der Waals surface area contributed by atoms with Crippen LogP contribution >= 0.6 is 0 Å². The number of carbonyl (C=O) groups is 2. The fourth-order valence-electron chi connectivity index (χ4n) is 6.19. The van der Waals surface area contributed by atoms with Crippen LogP contribution < -0.4 is 0 Å². The Kier molecular flexibility index (Phi) is 6.60. The minimum Gasteiger partial charge on any atom is -0.466 e. The normalized spacial score (nSPS) is 32.0. The quantitative estimate of drug-likeness (QED) is 0.555. The van der Waals surface area contributed by atoms with E-state index in [9.17, 15) is 9.59 Å². The van der Waals surface area contributed by atoms with E-state index in [0.717, 1.165) is 24.3 Å². The summed E-state index contributed by atoms with van der Waals surface area (Å²) >= 11 is 0. The summed E-state index contributed by atoms with van der Waals surface area (Å²) in [7, 11) is 0. The number of hydrogen-bond donors (Lipinski definition) is 0. The molecule has 0 saturated heterocycles. The van der Waals surface area contributed by atoms with Gasteiger partial charge in [0.15, 0.2) is 0 Å². The van der Waals surface area contributed by atoms with Crippen molar-refractivity contribution in [1.82, 2.24) is 4.90 Å². The molecule has 0 N–H and O–H groups in total. The molecule has 4 rings (SSSR count). The van der Waals surface area contributed by atoms with E-state index in [-0.39, 0.29) is 11.9 Å². The van der Waals surface area contributed by atoms with Crippen molar-refractivity contribution in [3.05, 3.63) is 0 Å². The Morgan fingerprint density at radius 2 is 1.27 bits per heavy atom. The summed E-state index contributed by atoms with van der Waals surface area (Å²) in [6, 6.07) is 0. The Balaban J connectivity index is 1.58. The van der Waals surface area contributed by atoms with E-state index >= 15 is 0 Å². The number of esters is 2. The van der Waals surface area contributed by atoms with Crippen LogP contribution in [-0.4, -0.2) is 49.7 Å². The summed E-state index contributed by atoms with van der Waals surface area (Å²) in [5.41, 5.74) is 0.415. The van der Waals surface area contributed by atoms with Crippen molar-refractivity contribution in [2.75, 3.05) is 32.8 Å². The molecule has 4 fully saturated rings. The monoisotopic (exact) mass is 365 g/mol. The van der Waals surface area contributed by atoms with Gasteiger partial charge in [-0.05, 0) is 75.5 Å². The van der Waals surface area contributed by atoms with Crippen molar-refractivity contribution >= 4 is 11.9 Å². The zero-order valence-corrected chi connectivity index (χ0v) is 16.5. The van der Waals surface area contributed by atoms with Gasteiger partial charge in [0.25, 0.3) is 0 Å². The smallest absolute Gasteiger partial charge is 0.307 e. The molecule has 148 valence electrons. The lowest BCUT2D eigenvalue weighted by atomic mass is 9.49. The average Bonchev–Trinajstić information content (AvgIpc) is 2.56. The molecule has 4 aliphatic carbocycles. The molecule has 4 saturated carbocycles. The number of carbonyl (C=O) groups excluding carboxylic acids is 2. The lowest BCUT2D eigenvalue weighted by molar-refractivity contribution is -0.144. The topological polar surface area (TPSA) is 55.8 Å². The predicted octanol–water partition coefficient (Wildman–Crippen LogP) is 3.41. The number of ether oxygens (including phenoxy) is 2. The minimum absolute atomic E-state index is 0.140. The van der Waals surface area contributed by atoms with Gasteiger partial charge in [-0.25, -0.2) is 0 Å². The third-order valence-corrected chi connectivity index (χ3v) is 6.60. The first-order chi connectivity index (χ1) is 12.5. The van der Waals surface area contributed by atoms with Gasteiger partial charge in [0, 0.05) is 19.6 Å². The fourth-order valence-corrected chi connectivity index (χ4v) is 6.19. The highest BCUT2D eigenvalue weighted by atomic mass is 16.5. The Morgan fingerprint density at radius 3 is 1.65 bits per heavy atom. The van der Waals surface area contributed by atoms with Crippen molar-refractivity contribution in [1.29, 1.82) is 0 Å². The molecule has 4 bridgehead atoms. The second-order valence-corrected chi connectivity index (χ2v) is 8.80. The average molecular weight is 366 g/mol. The molecule has 0 aromatic heterocycles. The van der Waals surface area contributed by atoms with E-state index in [4.69, 9.17) is 9.47 Å². The molecule has 4 aliphatic rings. The van der Waals surface area contributed by atoms with Gasteiger partial charge in [0.2, 0.25) is 0 Å². The van der Waals surface area contributed by atoms with Crippen LogP contribution in [0.4, 0.5) is 0 Å². The Morgan fingerprint density at radius 1 is 0.846 bits per heavy atom. The summed E-state index contributed by atoms with van der Waals surface area (Å²) in [6.45, 7) is 6.92. The van der Waals surface area contributed by atoms with Gasteiger partial charge in [0.1, 0.15) is 0 Å². The molecule has 0 aromatic carbocycles. The third kappa shape index (κ3) is 4.99. The molecule has 0 amide bonds. The van der Waals surface area contributed by atoms with Gasteiger partial charge in [0.05, 0.1) is 26.1 Å². The molecule has 0 aliphatic heterocycles. The van der Waals surface area contributed by atoms with E-state index in [1.165, 1.54) is 38.5 Å². The van der Waals surface area contributed by atoms with Crippen LogP contribution in [-0.2, 0) is 19.1 Å².